The molecule has 0 unspecified atom stereocenters. The number of benzene rings is 2. The summed E-state index contributed by atoms with van der Waals surface area (Å²) in [5.74, 6) is -1.32. The number of hydrogen-bond donors (Lipinski definition) is 1. The Morgan fingerprint density at radius 1 is 1.20 bits per heavy atom. The molecule has 1 aromatic heterocycles. The van der Waals surface area contributed by atoms with Crippen LogP contribution in [-0.4, -0.2) is 25.6 Å². The number of nitrogens with one attached hydrogen (secondary N) is 1. The van der Waals surface area contributed by atoms with Gasteiger partial charge >= 0.3 is 11.7 Å². The predicted molar refractivity (Wildman–Crippen MR) is 113 cm³/mol. The van der Waals surface area contributed by atoms with Gasteiger partial charge in [0.25, 0.3) is 10.0 Å². The van der Waals surface area contributed by atoms with Crippen molar-refractivity contribution in [2.45, 2.75) is 45.1 Å². The third kappa shape index (κ3) is 4.40. The summed E-state index contributed by atoms with van der Waals surface area (Å²) in [6.07, 6.45) is 1.34. The van der Waals surface area contributed by atoms with E-state index in [1.165, 1.54) is 18.2 Å². The van der Waals surface area contributed by atoms with E-state index in [9.17, 15) is 18.0 Å². The Labute approximate surface area is 174 Å². The fourth-order valence-electron chi connectivity index (χ4n) is 3.12. The number of carbonyl (C=O) groups excluding carboxylic acids is 1. The van der Waals surface area contributed by atoms with Gasteiger partial charge in [0.05, 0.1) is 22.7 Å². The van der Waals surface area contributed by atoms with Crippen LogP contribution in [-0.2, 0) is 32.5 Å². The number of nitrogens with zero attached hydrogens (tertiary/aromatic N) is 1. The minimum absolute atomic E-state index is 0.0465. The number of sulfonamides is 1. The highest BCUT2D eigenvalue weighted by molar-refractivity contribution is 7.92. The lowest BCUT2D eigenvalue weighted by molar-refractivity contribution is -0.144. The molecule has 0 atom stereocenters. The van der Waals surface area contributed by atoms with Crippen LogP contribution in [0.5, 0.6) is 0 Å². The zero-order valence-electron chi connectivity index (χ0n) is 17.1. The number of anilines is 1. The predicted octanol–water partition coefficient (Wildman–Crippen LogP) is 3.22. The van der Waals surface area contributed by atoms with Crippen LogP contribution in [0.25, 0.3) is 11.1 Å². The lowest BCUT2D eigenvalue weighted by atomic mass is 10.1. The van der Waals surface area contributed by atoms with E-state index >= 15 is 0 Å². The van der Waals surface area contributed by atoms with Crippen LogP contribution in [0.15, 0.2) is 50.5 Å². The van der Waals surface area contributed by atoms with Crippen molar-refractivity contribution in [2.24, 2.45) is 0 Å². The van der Waals surface area contributed by atoms with Gasteiger partial charge in [0, 0.05) is 6.07 Å². The van der Waals surface area contributed by atoms with E-state index in [0.717, 1.165) is 15.7 Å². The smallest absolute Gasteiger partial charge is 0.420 e. The summed E-state index contributed by atoms with van der Waals surface area (Å²) >= 11 is 0. The van der Waals surface area contributed by atoms with Crippen LogP contribution in [0.1, 0.15) is 31.4 Å². The molecular weight excluding hydrogens is 408 g/mol. The van der Waals surface area contributed by atoms with Gasteiger partial charge in [0.2, 0.25) is 0 Å². The second-order valence-corrected chi connectivity index (χ2v) is 8.55. The number of aromatic nitrogens is 1. The molecule has 0 radical (unpaired) electrons. The molecule has 160 valence electrons. The van der Waals surface area contributed by atoms with E-state index in [4.69, 9.17) is 9.15 Å². The zero-order chi connectivity index (χ0) is 21.9. The molecule has 9 heteroatoms. The lowest BCUT2D eigenvalue weighted by Gasteiger charge is -2.14. The molecule has 0 saturated carbocycles. The van der Waals surface area contributed by atoms with Crippen LogP contribution in [0, 0.1) is 6.92 Å². The average molecular weight is 432 g/mol. The Morgan fingerprint density at radius 3 is 2.67 bits per heavy atom. The maximum Gasteiger partial charge on any atom is 0.420 e. The first-order chi connectivity index (χ1) is 14.3. The van der Waals surface area contributed by atoms with Crippen molar-refractivity contribution in [3.05, 3.63) is 58.1 Å². The fraction of sp³-hybridized carbons (Fsp3) is 0.333. The first kappa shape index (κ1) is 21.6. The monoisotopic (exact) mass is 432 g/mol. The van der Waals surface area contributed by atoms with Gasteiger partial charge in [-0.2, -0.15) is 0 Å². The summed E-state index contributed by atoms with van der Waals surface area (Å²) < 4.78 is 39.8. The molecule has 0 spiro atoms. The number of rotatable bonds is 8. The molecule has 0 fully saturated rings. The van der Waals surface area contributed by atoms with E-state index in [-0.39, 0.29) is 23.6 Å². The Kier molecular flexibility index (Phi) is 6.31. The first-order valence-electron chi connectivity index (χ1n) is 9.67. The lowest BCUT2D eigenvalue weighted by Crippen LogP contribution is -2.21. The number of para-hydroxylation sites is 1. The average Bonchev–Trinajstić information content (AvgIpc) is 3.02. The van der Waals surface area contributed by atoms with Gasteiger partial charge in [-0.15, -0.1) is 0 Å². The molecular formula is C21H24N2O6S. The maximum absolute atomic E-state index is 12.9. The Hall–Kier alpha value is -3.07. The van der Waals surface area contributed by atoms with Crippen LogP contribution in [0.2, 0.25) is 0 Å². The molecule has 0 bridgehead atoms. The molecule has 3 rings (SSSR count). The zero-order valence-corrected chi connectivity index (χ0v) is 17.9. The van der Waals surface area contributed by atoms with Gasteiger partial charge in [0.15, 0.2) is 5.58 Å². The van der Waals surface area contributed by atoms with Crippen LogP contribution >= 0.6 is 0 Å². The molecule has 0 aliphatic heterocycles. The summed E-state index contributed by atoms with van der Waals surface area (Å²) in [5.41, 5.74) is 2.62. The molecule has 2 aromatic carbocycles. The van der Waals surface area contributed by atoms with E-state index in [1.807, 2.05) is 39.0 Å². The summed E-state index contributed by atoms with van der Waals surface area (Å²) in [6, 6.07) is 9.66. The number of hydrogen-bond acceptors (Lipinski definition) is 6. The van der Waals surface area contributed by atoms with Crippen LogP contribution < -0.4 is 10.5 Å². The van der Waals surface area contributed by atoms with Crippen molar-refractivity contribution >= 4 is 32.8 Å². The van der Waals surface area contributed by atoms with Crippen LogP contribution in [0.3, 0.4) is 0 Å². The van der Waals surface area contributed by atoms with E-state index < -0.39 is 21.7 Å². The summed E-state index contributed by atoms with van der Waals surface area (Å²) in [4.78, 5) is 24.0. The molecule has 0 aliphatic carbocycles. The van der Waals surface area contributed by atoms with Gasteiger partial charge in [-0.25, -0.2) is 13.2 Å². The van der Waals surface area contributed by atoms with Crippen molar-refractivity contribution in [1.82, 2.24) is 4.57 Å². The molecule has 30 heavy (non-hydrogen) atoms. The largest absolute Gasteiger partial charge is 0.464 e. The minimum atomic E-state index is -3.91. The Morgan fingerprint density at radius 2 is 1.97 bits per heavy atom. The molecule has 0 amide bonds. The van der Waals surface area contributed by atoms with E-state index in [0.29, 0.717) is 24.0 Å². The van der Waals surface area contributed by atoms with Crippen molar-refractivity contribution < 1.29 is 22.4 Å². The van der Waals surface area contributed by atoms with Crippen molar-refractivity contribution in [3.63, 3.8) is 0 Å². The molecule has 0 aliphatic rings. The SMILES string of the molecule is CCCOC(=O)Cn1c(=O)oc2cc(S(=O)(=O)Nc3c(C)cccc3CC)ccc21. The van der Waals surface area contributed by atoms with E-state index in [1.54, 1.807) is 0 Å². The number of carbonyl (C=O) groups is 1. The van der Waals surface area contributed by atoms with Gasteiger partial charge < -0.3 is 9.15 Å². The number of aryl methyl sites for hydroxylation is 2. The number of ether oxygens (including phenoxy) is 1. The molecule has 0 saturated heterocycles. The summed E-state index contributed by atoms with van der Waals surface area (Å²) in [5, 5.41) is 0. The third-order valence-electron chi connectivity index (χ3n) is 4.68. The molecule has 1 N–H and O–H groups in total. The molecule has 1 heterocycles. The quantitative estimate of drug-likeness (QED) is 0.548. The highest BCUT2D eigenvalue weighted by Gasteiger charge is 2.20. The van der Waals surface area contributed by atoms with Crippen molar-refractivity contribution in [3.8, 4) is 0 Å². The summed E-state index contributed by atoms with van der Waals surface area (Å²) in [6.45, 7) is 5.59. The standard InChI is InChI=1S/C21H24N2O6S/c1-4-11-28-19(24)13-23-17-10-9-16(12-18(17)29-21(23)25)30(26,27)22-20-14(3)7-6-8-15(20)5-2/h6-10,12,22H,4-5,11,13H2,1-3H3. The summed E-state index contributed by atoms with van der Waals surface area (Å²) in [7, 11) is -3.91. The van der Waals surface area contributed by atoms with Gasteiger partial charge in [0.1, 0.15) is 6.54 Å². The number of fused-ring (bicyclic) bond motifs is 1. The minimum Gasteiger partial charge on any atom is -0.464 e. The number of oxazole rings is 1. The second kappa shape index (κ2) is 8.74. The van der Waals surface area contributed by atoms with Crippen molar-refractivity contribution in [1.29, 1.82) is 0 Å². The Bertz CT molecular complexity index is 1240. The molecule has 8 nitrogen and oxygen atoms in total. The van der Waals surface area contributed by atoms with Gasteiger partial charge in [-0.05, 0) is 43.0 Å². The Balaban J connectivity index is 1.94. The highest BCUT2D eigenvalue weighted by atomic mass is 32.2. The molecule has 3 aromatic rings. The number of esters is 1. The third-order valence-corrected chi connectivity index (χ3v) is 6.03. The van der Waals surface area contributed by atoms with Gasteiger partial charge in [-0.1, -0.05) is 32.0 Å². The normalized spacial score (nSPS) is 11.6. The second-order valence-electron chi connectivity index (χ2n) is 6.87. The maximum atomic E-state index is 12.9. The van der Waals surface area contributed by atoms with Crippen molar-refractivity contribution in [2.75, 3.05) is 11.3 Å². The fourth-order valence-corrected chi connectivity index (χ4v) is 4.30. The topological polar surface area (TPSA) is 108 Å². The van der Waals surface area contributed by atoms with Gasteiger partial charge in [-0.3, -0.25) is 14.1 Å². The highest BCUT2D eigenvalue weighted by Crippen LogP contribution is 2.26. The first-order valence-corrected chi connectivity index (χ1v) is 11.2. The van der Waals surface area contributed by atoms with E-state index in [2.05, 4.69) is 4.72 Å². The van der Waals surface area contributed by atoms with Crippen LogP contribution in [0.4, 0.5) is 5.69 Å².